The van der Waals surface area contributed by atoms with Gasteiger partial charge in [0, 0.05) is 19.0 Å². The lowest BCUT2D eigenvalue weighted by atomic mass is 10.1. The van der Waals surface area contributed by atoms with Crippen LogP contribution in [0.4, 0.5) is 0 Å². The molecule has 3 heteroatoms. The molecule has 0 aromatic carbocycles. The zero-order valence-electron chi connectivity index (χ0n) is 11.6. The standard InChI is InChI=1S/C14H30N2O/c1-3-4-5-6-7-8-12-16-14(17)11-9-10-13(2)15/h13H,3-12,15H2,1-2H3,(H,16,17). The van der Waals surface area contributed by atoms with Gasteiger partial charge in [0.2, 0.25) is 5.91 Å². The van der Waals surface area contributed by atoms with Crippen molar-refractivity contribution in [2.45, 2.75) is 77.7 Å². The molecule has 0 spiro atoms. The summed E-state index contributed by atoms with van der Waals surface area (Å²) in [7, 11) is 0. The molecule has 0 bridgehead atoms. The number of nitrogens with two attached hydrogens (primary N) is 1. The first-order valence-electron chi connectivity index (χ1n) is 7.19. The summed E-state index contributed by atoms with van der Waals surface area (Å²) in [6, 6.07) is 0.210. The molecule has 0 heterocycles. The molecular weight excluding hydrogens is 212 g/mol. The molecule has 102 valence electrons. The van der Waals surface area contributed by atoms with Crippen molar-refractivity contribution >= 4 is 5.91 Å². The molecule has 0 aromatic heterocycles. The lowest BCUT2D eigenvalue weighted by Gasteiger charge is -2.06. The van der Waals surface area contributed by atoms with Crippen LogP contribution in [-0.4, -0.2) is 18.5 Å². The Morgan fingerprint density at radius 2 is 1.76 bits per heavy atom. The number of rotatable bonds is 11. The Morgan fingerprint density at radius 3 is 2.41 bits per heavy atom. The summed E-state index contributed by atoms with van der Waals surface area (Å²) in [6.07, 6.45) is 10.1. The summed E-state index contributed by atoms with van der Waals surface area (Å²) in [5.74, 6) is 0.180. The van der Waals surface area contributed by atoms with Crippen molar-refractivity contribution in [3.63, 3.8) is 0 Å². The van der Waals surface area contributed by atoms with E-state index in [1.54, 1.807) is 0 Å². The molecule has 0 fully saturated rings. The van der Waals surface area contributed by atoms with Crippen LogP contribution in [0.15, 0.2) is 0 Å². The minimum absolute atomic E-state index is 0.180. The molecular formula is C14H30N2O. The number of amides is 1. The summed E-state index contributed by atoms with van der Waals surface area (Å²) in [6.45, 7) is 5.04. The third kappa shape index (κ3) is 13.4. The highest BCUT2D eigenvalue weighted by atomic mass is 16.1. The average Bonchev–Trinajstić information content (AvgIpc) is 2.27. The summed E-state index contributed by atoms with van der Waals surface area (Å²) in [5.41, 5.74) is 5.63. The summed E-state index contributed by atoms with van der Waals surface area (Å²) < 4.78 is 0. The predicted molar refractivity (Wildman–Crippen MR) is 73.9 cm³/mol. The van der Waals surface area contributed by atoms with Gasteiger partial charge in [0.15, 0.2) is 0 Å². The molecule has 0 radical (unpaired) electrons. The average molecular weight is 242 g/mol. The van der Waals surface area contributed by atoms with Crippen molar-refractivity contribution in [2.75, 3.05) is 6.54 Å². The van der Waals surface area contributed by atoms with Gasteiger partial charge in [-0.2, -0.15) is 0 Å². The molecule has 1 atom stereocenters. The number of carbonyl (C=O) groups is 1. The molecule has 17 heavy (non-hydrogen) atoms. The van der Waals surface area contributed by atoms with E-state index in [0.717, 1.165) is 25.8 Å². The topological polar surface area (TPSA) is 55.1 Å². The van der Waals surface area contributed by atoms with Crippen molar-refractivity contribution in [1.29, 1.82) is 0 Å². The second-order valence-electron chi connectivity index (χ2n) is 4.99. The SMILES string of the molecule is CCCCCCCCNC(=O)CCCC(C)N. The van der Waals surface area contributed by atoms with Gasteiger partial charge in [-0.05, 0) is 26.2 Å². The van der Waals surface area contributed by atoms with Crippen LogP contribution in [0.3, 0.4) is 0 Å². The lowest BCUT2D eigenvalue weighted by molar-refractivity contribution is -0.121. The highest BCUT2D eigenvalue weighted by Crippen LogP contribution is 2.04. The summed E-state index contributed by atoms with van der Waals surface area (Å²) in [5, 5.41) is 2.97. The van der Waals surface area contributed by atoms with Crippen LogP contribution < -0.4 is 11.1 Å². The number of unbranched alkanes of at least 4 members (excludes halogenated alkanes) is 5. The molecule has 3 nitrogen and oxygen atoms in total. The van der Waals surface area contributed by atoms with E-state index >= 15 is 0 Å². The van der Waals surface area contributed by atoms with Gasteiger partial charge < -0.3 is 11.1 Å². The van der Waals surface area contributed by atoms with Crippen molar-refractivity contribution < 1.29 is 4.79 Å². The minimum Gasteiger partial charge on any atom is -0.356 e. The van der Waals surface area contributed by atoms with E-state index in [4.69, 9.17) is 5.73 Å². The van der Waals surface area contributed by atoms with Gasteiger partial charge in [-0.15, -0.1) is 0 Å². The maximum Gasteiger partial charge on any atom is 0.219 e. The van der Waals surface area contributed by atoms with Gasteiger partial charge in [-0.25, -0.2) is 0 Å². The van der Waals surface area contributed by atoms with E-state index in [2.05, 4.69) is 12.2 Å². The van der Waals surface area contributed by atoms with Crippen LogP contribution in [0.25, 0.3) is 0 Å². The quantitative estimate of drug-likeness (QED) is 0.547. The van der Waals surface area contributed by atoms with Gasteiger partial charge in [0.1, 0.15) is 0 Å². The number of carbonyl (C=O) groups excluding carboxylic acids is 1. The molecule has 0 aliphatic heterocycles. The predicted octanol–water partition coefficient (Wildman–Crippen LogP) is 2.98. The molecule has 1 amide bonds. The lowest BCUT2D eigenvalue weighted by Crippen LogP contribution is -2.24. The Balaban J connectivity index is 3.16. The van der Waals surface area contributed by atoms with Crippen molar-refractivity contribution in [1.82, 2.24) is 5.32 Å². The Morgan fingerprint density at radius 1 is 1.12 bits per heavy atom. The number of nitrogens with one attached hydrogen (secondary N) is 1. The van der Waals surface area contributed by atoms with Gasteiger partial charge >= 0.3 is 0 Å². The Labute approximate surface area is 107 Å². The van der Waals surface area contributed by atoms with Crippen molar-refractivity contribution in [3.8, 4) is 0 Å². The molecule has 3 N–H and O–H groups in total. The van der Waals surface area contributed by atoms with E-state index in [0.29, 0.717) is 6.42 Å². The van der Waals surface area contributed by atoms with Crippen molar-refractivity contribution in [2.24, 2.45) is 5.73 Å². The van der Waals surface area contributed by atoms with Crippen LogP contribution in [-0.2, 0) is 4.79 Å². The Kier molecular flexibility index (Phi) is 11.5. The first-order chi connectivity index (χ1) is 8.16. The molecule has 0 aromatic rings. The van der Waals surface area contributed by atoms with Crippen LogP contribution >= 0.6 is 0 Å². The fourth-order valence-electron chi connectivity index (χ4n) is 1.81. The van der Waals surface area contributed by atoms with Gasteiger partial charge in [-0.3, -0.25) is 4.79 Å². The van der Waals surface area contributed by atoms with E-state index in [1.807, 2.05) is 6.92 Å². The Bertz CT molecular complexity index is 181. The molecule has 0 rings (SSSR count). The zero-order valence-corrected chi connectivity index (χ0v) is 11.6. The third-order valence-electron chi connectivity index (χ3n) is 2.92. The first-order valence-corrected chi connectivity index (χ1v) is 7.19. The van der Waals surface area contributed by atoms with Gasteiger partial charge in [-0.1, -0.05) is 39.0 Å². The van der Waals surface area contributed by atoms with Gasteiger partial charge in [0.05, 0.1) is 0 Å². The minimum atomic E-state index is 0.180. The van der Waals surface area contributed by atoms with Gasteiger partial charge in [0.25, 0.3) is 0 Å². The van der Waals surface area contributed by atoms with E-state index in [1.165, 1.54) is 32.1 Å². The highest BCUT2D eigenvalue weighted by molar-refractivity contribution is 5.75. The number of hydrogen-bond donors (Lipinski definition) is 2. The van der Waals surface area contributed by atoms with Crippen molar-refractivity contribution in [3.05, 3.63) is 0 Å². The monoisotopic (exact) mass is 242 g/mol. The third-order valence-corrected chi connectivity index (χ3v) is 2.92. The normalized spacial score (nSPS) is 12.4. The molecule has 0 saturated heterocycles. The molecule has 0 saturated carbocycles. The molecule has 0 aliphatic rings. The highest BCUT2D eigenvalue weighted by Gasteiger charge is 2.01. The van der Waals surface area contributed by atoms with E-state index in [9.17, 15) is 4.79 Å². The van der Waals surface area contributed by atoms with Crippen LogP contribution in [0.1, 0.15) is 71.6 Å². The maximum absolute atomic E-state index is 11.4. The summed E-state index contributed by atoms with van der Waals surface area (Å²) >= 11 is 0. The fraction of sp³-hybridized carbons (Fsp3) is 0.929. The number of hydrogen-bond acceptors (Lipinski definition) is 2. The second-order valence-corrected chi connectivity index (χ2v) is 4.99. The van der Waals surface area contributed by atoms with Crippen LogP contribution in [0, 0.1) is 0 Å². The first kappa shape index (κ1) is 16.4. The fourth-order valence-corrected chi connectivity index (χ4v) is 1.81. The Hall–Kier alpha value is -0.570. The van der Waals surface area contributed by atoms with Crippen LogP contribution in [0.2, 0.25) is 0 Å². The second kappa shape index (κ2) is 11.9. The zero-order chi connectivity index (χ0) is 12.9. The maximum atomic E-state index is 11.4. The largest absolute Gasteiger partial charge is 0.356 e. The smallest absolute Gasteiger partial charge is 0.219 e. The summed E-state index contributed by atoms with van der Waals surface area (Å²) in [4.78, 5) is 11.4. The molecule has 1 unspecified atom stereocenters. The van der Waals surface area contributed by atoms with E-state index in [-0.39, 0.29) is 11.9 Å². The molecule has 0 aliphatic carbocycles. The van der Waals surface area contributed by atoms with E-state index < -0.39 is 0 Å². The van der Waals surface area contributed by atoms with Crippen LogP contribution in [0.5, 0.6) is 0 Å².